The average molecular weight is 246 g/mol. The van der Waals surface area contributed by atoms with Crippen LogP contribution in [0, 0.1) is 5.41 Å². The van der Waals surface area contributed by atoms with Gasteiger partial charge >= 0.3 is 0 Å². The molecule has 4 nitrogen and oxygen atoms in total. The maximum absolute atomic E-state index is 12.2. The van der Waals surface area contributed by atoms with Crippen molar-refractivity contribution in [3.05, 3.63) is 0 Å². The van der Waals surface area contributed by atoms with E-state index in [0.717, 1.165) is 38.2 Å². The van der Waals surface area contributed by atoms with Gasteiger partial charge in [0, 0.05) is 19.4 Å². The number of piperidine rings is 1. The summed E-state index contributed by atoms with van der Waals surface area (Å²) < 4.78 is 5.22. The first-order chi connectivity index (χ1) is 7.75. The van der Waals surface area contributed by atoms with E-state index in [2.05, 4.69) is 10.6 Å². The standard InChI is InChI=1S/C11H22N2O2S/c1-15-9-11(3-5-12-6-4-11)10(14)13-7-8-16-2/h12H,3-9H2,1-2H3,(H,13,14). The Morgan fingerprint density at radius 3 is 2.75 bits per heavy atom. The number of thioether (sulfide) groups is 1. The zero-order chi connectivity index (χ0) is 11.9. The SMILES string of the molecule is COCC1(C(=O)NCCSC)CCNCC1. The largest absolute Gasteiger partial charge is 0.384 e. The van der Waals surface area contributed by atoms with Crippen LogP contribution in [0.3, 0.4) is 0 Å². The summed E-state index contributed by atoms with van der Waals surface area (Å²) in [6.07, 6.45) is 3.78. The molecule has 0 radical (unpaired) electrons. The number of carbonyl (C=O) groups excluding carboxylic acids is 1. The topological polar surface area (TPSA) is 50.4 Å². The molecule has 0 saturated carbocycles. The highest BCUT2D eigenvalue weighted by atomic mass is 32.2. The van der Waals surface area contributed by atoms with Crippen LogP contribution in [-0.2, 0) is 9.53 Å². The van der Waals surface area contributed by atoms with E-state index in [-0.39, 0.29) is 11.3 Å². The first-order valence-corrected chi connectivity index (χ1v) is 7.11. The average Bonchev–Trinajstić information content (AvgIpc) is 2.31. The molecule has 0 aromatic carbocycles. The summed E-state index contributed by atoms with van der Waals surface area (Å²) in [7, 11) is 1.67. The fourth-order valence-electron chi connectivity index (χ4n) is 2.07. The zero-order valence-electron chi connectivity index (χ0n) is 10.2. The molecule has 94 valence electrons. The van der Waals surface area contributed by atoms with Crippen LogP contribution in [0.25, 0.3) is 0 Å². The molecule has 1 heterocycles. The van der Waals surface area contributed by atoms with Crippen LogP contribution < -0.4 is 10.6 Å². The smallest absolute Gasteiger partial charge is 0.228 e. The van der Waals surface area contributed by atoms with Gasteiger partial charge in [0.25, 0.3) is 0 Å². The Hall–Kier alpha value is -0.260. The summed E-state index contributed by atoms with van der Waals surface area (Å²) in [4.78, 5) is 12.2. The van der Waals surface area contributed by atoms with E-state index in [1.54, 1.807) is 18.9 Å². The monoisotopic (exact) mass is 246 g/mol. The third-order valence-corrected chi connectivity index (χ3v) is 3.67. The Bertz CT molecular complexity index is 213. The second-order valence-corrected chi connectivity index (χ2v) is 5.20. The van der Waals surface area contributed by atoms with Gasteiger partial charge in [-0.1, -0.05) is 0 Å². The summed E-state index contributed by atoms with van der Waals surface area (Å²) >= 11 is 1.74. The van der Waals surface area contributed by atoms with E-state index in [1.165, 1.54) is 0 Å². The van der Waals surface area contributed by atoms with Gasteiger partial charge in [0.1, 0.15) is 0 Å². The van der Waals surface area contributed by atoms with Crippen molar-refractivity contribution >= 4 is 17.7 Å². The van der Waals surface area contributed by atoms with E-state index in [1.807, 2.05) is 6.26 Å². The molecule has 1 rings (SSSR count). The van der Waals surface area contributed by atoms with Gasteiger partial charge in [-0.2, -0.15) is 11.8 Å². The van der Waals surface area contributed by atoms with E-state index in [0.29, 0.717) is 6.61 Å². The highest BCUT2D eigenvalue weighted by Crippen LogP contribution is 2.29. The second-order valence-electron chi connectivity index (χ2n) is 4.21. The molecular weight excluding hydrogens is 224 g/mol. The summed E-state index contributed by atoms with van der Waals surface area (Å²) in [6.45, 7) is 3.08. The fourth-order valence-corrected chi connectivity index (χ4v) is 2.38. The number of ether oxygens (including phenoxy) is 1. The molecule has 0 atom stereocenters. The Morgan fingerprint density at radius 1 is 1.50 bits per heavy atom. The third kappa shape index (κ3) is 3.64. The quantitative estimate of drug-likeness (QED) is 0.669. The van der Waals surface area contributed by atoms with Crippen LogP contribution in [0.15, 0.2) is 0 Å². The van der Waals surface area contributed by atoms with Gasteiger partial charge in [0.2, 0.25) is 5.91 Å². The first-order valence-electron chi connectivity index (χ1n) is 5.72. The molecule has 1 aliphatic heterocycles. The normalized spacial score (nSPS) is 19.4. The number of nitrogens with one attached hydrogen (secondary N) is 2. The van der Waals surface area contributed by atoms with Crippen LogP contribution in [0.5, 0.6) is 0 Å². The maximum atomic E-state index is 12.2. The number of hydrogen-bond acceptors (Lipinski definition) is 4. The summed E-state index contributed by atoms with van der Waals surface area (Å²) in [5, 5.41) is 6.29. The lowest BCUT2D eigenvalue weighted by Crippen LogP contribution is -2.50. The van der Waals surface area contributed by atoms with Crippen molar-refractivity contribution in [2.45, 2.75) is 12.8 Å². The molecule has 1 saturated heterocycles. The minimum Gasteiger partial charge on any atom is -0.384 e. The van der Waals surface area contributed by atoms with E-state index in [9.17, 15) is 4.79 Å². The second kappa shape index (κ2) is 7.14. The van der Waals surface area contributed by atoms with Gasteiger partial charge in [-0.15, -0.1) is 0 Å². The number of methoxy groups -OCH3 is 1. The molecule has 1 amide bonds. The van der Waals surface area contributed by atoms with E-state index >= 15 is 0 Å². The fraction of sp³-hybridized carbons (Fsp3) is 0.909. The minimum atomic E-state index is -0.307. The number of carbonyl (C=O) groups is 1. The molecule has 0 aromatic heterocycles. The van der Waals surface area contributed by atoms with Gasteiger partial charge in [0.05, 0.1) is 12.0 Å². The highest BCUT2D eigenvalue weighted by Gasteiger charge is 2.39. The molecule has 0 aromatic rings. The molecule has 2 N–H and O–H groups in total. The first kappa shape index (κ1) is 13.8. The maximum Gasteiger partial charge on any atom is 0.228 e. The number of amides is 1. The van der Waals surface area contributed by atoms with Crippen LogP contribution >= 0.6 is 11.8 Å². The van der Waals surface area contributed by atoms with E-state index < -0.39 is 0 Å². The summed E-state index contributed by atoms with van der Waals surface area (Å²) in [5.74, 6) is 1.12. The van der Waals surface area contributed by atoms with Crippen molar-refractivity contribution in [1.29, 1.82) is 0 Å². The Labute approximate surface area is 102 Å². The lowest BCUT2D eigenvalue weighted by molar-refractivity contribution is -0.136. The highest BCUT2D eigenvalue weighted by molar-refractivity contribution is 7.98. The van der Waals surface area contributed by atoms with Gasteiger partial charge in [0.15, 0.2) is 0 Å². The third-order valence-electron chi connectivity index (χ3n) is 3.05. The molecule has 16 heavy (non-hydrogen) atoms. The van der Waals surface area contributed by atoms with Crippen molar-refractivity contribution in [3.8, 4) is 0 Å². The van der Waals surface area contributed by atoms with Gasteiger partial charge < -0.3 is 15.4 Å². The molecule has 0 unspecified atom stereocenters. The zero-order valence-corrected chi connectivity index (χ0v) is 11.0. The molecule has 1 aliphatic rings. The van der Waals surface area contributed by atoms with Crippen molar-refractivity contribution in [2.75, 3.05) is 45.4 Å². The molecule has 5 heteroatoms. The van der Waals surface area contributed by atoms with Crippen LogP contribution in [0.1, 0.15) is 12.8 Å². The summed E-state index contributed by atoms with van der Waals surface area (Å²) in [6, 6.07) is 0. The van der Waals surface area contributed by atoms with Gasteiger partial charge in [-0.05, 0) is 32.2 Å². The van der Waals surface area contributed by atoms with Crippen molar-refractivity contribution in [2.24, 2.45) is 5.41 Å². The Balaban J connectivity index is 2.50. The number of rotatable bonds is 6. The molecule has 1 fully saturated rings. The number of hydrogen-bond donors (Lipinski definition) is 2. The Morgan fingerprint density at radius 2 is 2.19 bits per heavy atom. The van der Waals surface area contributed by atoms with E-state index in [4.69, 9.17) is 4.74 Å². The molecular formula is C11H22N2O2S. The van der Waals surface area contributed by atoms with Gasteiger partial charge in [-0.25, -0.2) is 0 Å². The van der Waals surface area contributed by atoms with Crippen molar-refractivity contribution < 1.29 is 9.53 Å². The van der Waals surface area contributed by atoms with Crippen LogP contribution in [-0.4, -0.2) is 51.3 Å². The van der Waals surface area contributed by atoms with Crippen molar-refractivity contribution in [1.82, 2.24) is 10.6 Å². The van der Waals surface area contributed by atoms with Crippen LogP contribution in [0.4, 0.5) is 0 Å². The molecule has 0 bridgehead atoms. The predicted molar refractivity (Wildman–Crippen MR) is 67.8 cm³/mol. The molecule has 0 aliphatic carbocycles. The van der Waals surface area contributed by atoms with Gasteiger partial charge in [-0.3, -0.25) is 4.79 Å². The van der Waals surface area contributed by atoms with Crippen molar-refractivity contribution in [3.63, 3.8) is 0 Å². The summed E-state index contributed by atoms with van der Waals surface area (Å²) in [5.41, 5.74) is -0.307. The van der Waals surface area contributed by atoms with Crippen LogP contribution in [0.2, 0.25) is 0 Å². The lowest BCUT2D eigenvalue weighted by atomic mass is 9.78. The molecule has 0 spiro atoms. The lowest BCUT2D eigenvalue weighted by Gasteiger charge is -2.35. The predicted octanol–water partition coefficient (Wildman–Crippen LogP) is 0.482. The minimum absolute atomic E-state index is 0.157. The Kier molecular flexibility index (Phi) is 6.16.